The molecule has 1 rings (SSSR count). The van der Waals surface area contributed by atoms with Gasteiger partial charge >= 0.3 is 0 Å². The summed E-state index contributed by atoms with van der Waals surface area (Å²) in [6, 6.07) is 0.626. The van der Waals surface area contributed by atoms with Gasteiger partial charge in [0.1, 0.15) is 0 Å². The van der Waals surface area contributed by atoms with Gasteiger partial charge in [0, 0.05) is 12.6 Å². The summed E-state index contributed by atoms with van der Waals surface area (Å²) >= 11 is 0. The molecule has 0 bridgehead atoms. The Labute approximate surface area is 176 Å². The maximum absolute atomic E-state index is 12.1. The zero-order chi connectivity index (χ0) is 20.3. The van der Waals surface area contributed by atoms with Crippen LogP contribution in [0.2, 0.25) is 0 Å². The van der Waals surface area contributed by atoms with Crippen molar-refractivity contribution in [2.24, 2.45) is 0 Å². The summed E-state index contributed by atoms with van der Waals surface area (Å²) in [6.07, 6.45) is 25.9. The van der Waals surface area contributed by atoms with Crippen molar-refractivity contribution >= 4 is 5.91 Å². The number of rotatable bonds is 18. The molecule has 166 valence electrons. The second kappa shape index (κ2) is 18.5. The highest BCUT2D eigenvalue weighted by molar-refractivity contribution is 5.77. The number of hydrogen-bond acceptors (Lipinski definition) is 2. The maximum atomic E-state index is 12.1. The minimum absolute atomic E-state index is 0.211. The zero-order valence-electron chi connectivity index (χ0n) is 19.3. The molecule has 3 nitrogen and oxygen atoms in total. The van der Waals surface area contributed by atoms with Crippen molar-refractivity contribution < 1.29 is 4.79 Å². The Balaban J connectivity index is 1.79. The van der Waals surface area contributed by atoms with E-state index < -0.39 is 0 Å². The number of amides is 1. The Morgan fingerprint density at radius 3 is 1.71 bits per heavy atom. The fraction of sp³-hybridized carbons (Fsp3) is 0.960. The van der Waals surface area contributed by atoms with Crippen LogP contribution in [0.15, 0.2) is 0 Å². The van der Waals surface area contributed by atoms with E-state index in [1.807, 2.05) is 0 Å². The average Bonchev–Trinajstić information content (AvgIpc) is 2.71. The molecule has 1 N–H and O–H groups in total. The third-order valence-corrected chi connectivity index (χ3v) is 6.44. The van der Waals surface area contributed by atoms with Crippen molar-refractivity contribution in [3.8, 4) is 0 Å². The molecule has 0 radical (unpaired) electrons. The van der Waals surface area contributed by atoms with Gasteiger partial charge in [-0.15, -0.1) is 0 Å². The topological polar surface area (TPSA) is 32.3 Å². The van der Waals surface area contributed by atoms with Gasteiger partial charge in [-0.05, 0) is 26.3 Å². The Hall–Kier alpha value is -0.570. The fourth-order valence-electron chi connectivity index (χ4n) is 4.48. The number of likely N-dealkylation sites (N-methyl/N-ethyl adjacent to an activating group) is 1. The summed E-state index contributed by atoms with van der Waals surface area (Å²) in [5.74, 6) is 0.211. The number of hydrogen-bond donors (Lipinski definition) is 1. The highest BCUT2D eigenvalue weighted by Gasteiger charge is 2.19. The number of unbranched alkanes of at least 4 members (excludes halogenated alkanes) is 13. The van der Waals surface area contributed by atoms with E-state index in [-0.39, 0.29) is 5.91 Å². The molecule has 28 heavy (non-hydrogen) atoms. The Bertz CT molecular complexity index is 352. The van der Waals surface area contributed by atoms with Crippen LogP contribution < -0.4 is 5.32 Å². The van der Waals surface area contributed by atoms with Crippen molar-refractivity contribution in [2.45, 2.75) is 135 Å². The van der Waals surface area contributed by atoms with E-state index in [0.29, 0.717) is 12.6 Å². The molecule has 1 aliphatic rings. The van der Waals surface area contributed by atoms with Crippen LogP contribution in [-0.4, -0.2) is 37.0 Å². The molecule has 1 aliphatic carbocycles. The molecular weight excluding hydrogens is 344 g/mol. The first-order valence-electron chi connectivity index (χ1n) is 12.7. The van der Waals surface area contributed by atoms with Crippen LogP contribution in [0.25, 0.3) is 0 Å². The molecule has 0 aromatic rings. The molecule has 0 aliphatic heterocycles. The smallest absolute Gasteiger partial charge is 0.234 e. The van der Waals surface area contributed by atoms with Crippen LogP contribution >= 0.6 is 0 Å². The van der Waals surface area contributed by atoms with Gasteiger partial charge in [0.05, 0.1) is 6.54 Å². The van der Waals surface area contributed by atoms with E-state index in [9.17, 15) is 4.79 Å². The number of carbonyl (C=O) groups is 1. The minimum Gasteiger partial charge on any atom is -0.355 e. The molecule has 0 saturated heterocycles. The normalized spacial score (nSPS) is 15.2. The largest absolute Gasteiger partial charge is 0.355 e. The highest BCUT2D eigenvalue weighted by atomic mass is 16.2. The highest BCUT2D eigenvalue weighted by Crippen LogP contribution is 2.21. The van der Waals surface area contributed by atoms with Gasteiger partial charge in [0.15, 0.2) is 0 Å². The lowest BCUT2D eigenvalue weighted by Crippen LogP contribution is -2.41. The average molecular weight is 395 g/mol. The van der Waals surface area contributed by atoms with Gasteiger partial charge in [0.25, 0.3) is 0 Å². The first-order chi connectivity index (χ1) is 13.7. The predicted octanol–water partition coefficient (Wildman–Crippen LogP) is 6.85. The molecular formula is C25H50N2O. The molecule has 0 unspecified atom stereocenters. The van der Waals surface area contributed by atoms with Crippen molar-refractivity contribution in [1.82, 2.24) is 10.2 Å². The first-order valence-corrected chi connectivity index (χ1v) is 12.7. The quantitative estimate of drug-likeness (QED) is 0.258. The Morgan fingerprint density at radius 2 is 1.21 bits per heavy atom. The number of carbonyl (C=O) groups excluding carboxylic acids is 1. The van der Waals surface area contributed by atoms with Crippen LogP contribution in [0.3, 0.4) is 0 Å². The molecule has 1 saturated carbocycles. The molecule has 0 spiro atoms. The van der Waals surface area contributed by atoms with Crippen LogP contribution in [0, 0.1) is 0 Å². The van der Waals surface area contributed by atoms with Gasteiger partial charge in [-0.1, -0.05) is 110 Å². The lowest BCUT2D eigenvalue weighted by atomic mass is 9.94. The van der Waals surface area contributed by atoms with E-state index in [2.05, 4.69) is 24.2 Å². The molecule has 1 amide bonds. The maximum Gasteiger partial charge on any atom is 0.234 e. The van der Waals surface area contributed by atoms with Crippen LogP contribution in [0.4, 0.5) is 0 Å². The van der Waals surface area contributed by atoms with Crippen molar-refractivity contribution in [1.29, 1.82) is 0 Å². The molecule has 0 aromatic carbocycles. The van der Waals surface area contributed by atoms with Crippen LogP contribution in [-0.2, 0) is 4.79 Å². The van der Waals surface area contributed by atoms with Gasteiger partial charge in [-0.3, -0.25) is 9.69 Å². The van der Waals surface area contributed by atoms with E-state index >= 15 is 0 Å². The second-order valence-corrected chi connectivity index (χ2v) is 9.15. The summed E-state index contributed by atoms with van der Waals surface area (Å²) in [4.78, 5) is 14.3. The van der Waals surface area contributed by atoms with E-state index in [1.54, 1.807) is 0 Å². The van der Waals surface area contributed by atoms with E-state index in [0.717, 1.165) is 13.0 Å². The lowest BCUT2D eigenvalue weighted by Gasteiger charge is -2.30. The van der Waals surface area contributed by atoms with E-state index in [1.165, 1.54) is 116 Å². The predicted molar refractivity (Wildman–Crippen MR) is 123 cm³/mol. The third-order valence-electron chi connectivity index (χ3n) is 6.44. The van der Waals surface area contributed by atoms with Gasteiger partial charge < -0.3 is 5.32 Å². The van der Waals surface area contributed by atoms with Gasteiger partial charge in [0.2, 0.25) is 5.91 Å². The first kappa shape index (κ1) is 25.5. The SMILES string of the molecule is CCCCCCCCCCCCCCCCNC(=O)CN(C)C1CCCCC1. The monoisotopic (exact) mass is 394 g/mol. The summed E-state index contributed by atoms with van der Waals surface area (Å²) in [5.41, 5.74) is 0. The fourth-order valence-corrected chi connectivity index (χ4v) is 4.48. The Kier molecular flexibility index (Phi) is 16.8. The summed E-state index contributed by atoms with van der Waals surface area (Å²) in [5, 5.41) is 3.12. The van der Waals surface area contributed by atoms with Crippen molar-refractivity contribution in [2.75, 3.05) is 20.1 Å². The lowest BCUT2D eigenvalue weighted by molar-refractivity contribution is -0.122. The number of nitrogens with zero attached hydrogens (tertiary/aromatic N) is 1. The molecule has 0 aromatic heterocycles. The molecule has 0 heterocycles. The van der Waals surface area contributed by atoms with E-state index in [4.69, 9.17) is 0 Å². The van der Waals surface area contributed by atoms with Gasteiger partial charge in [-0.25, -0.2) is 0 Å². The Morgan fingerprint density at radius 1 is 0.750 bits per heavy atom. The molecule has 0 atom stereocenters. The van der Waals surface area contributed by atoms with Crippen LogP contribution in [0.5, 0.6) is 0 Å². The molecule has 3 heteroatoms. The molecule has 1 fully saturated rings. The minimum atomic E-state index is 0.211. The van der Waals surface area contributed by atoms with Crippen LogP contribution in [0.1, 0.15) is 129 Å². The van der Waals surface area contributed by atoms with Crippen molar-refractivity contribution in [3.63, 3.8) is 0 Å². The van der Waals surface area contributed by atoms with Crippen molar-refractivity contribution in [3.05, 3.63) is 0 Å². The summed E-state index contributed by atoms with van der Waals surface area (Å²) < 4.78 is 0. The summed E-state index contributed by atoms with van der Waals surface area (Å²) in [6.45, 7) is 3.71. The zero-order valence-corrected chi connectivity index (χ0v) is 19.3. The summed E-state index contributed by atoms with van der Waals surface area (Å²) in [7, 11) is 2.11. The third kappa shape index (κ3) is 14.4. The number of nitrogens with one attached hydrogen (secondary N) is 1. The second-order valence-electron chi connectivity index (χ2n) is 9.15. The van der Waals surface area contributed by atoms with Gasteiger partial charge in [-0.2, -0.15) is 0 Å². The standard InChI is InChI=1S/C25H50N2O/c1-3-4-5-6-7-8-9-10-11-12-13-14-15-19-22-26-25(28)23-27(2)24-20-17-16-18-21-24/h24H,3-23H2,1-2H3,(H,26,28).